The van der Waals surface area contributed by atoms with Gasteiger partial charge in [-0.05, 0) is 59.7 Å². The fourth-order valence-corrected chi connectivity index (χ4v) is 2.54. The summed E-state index contributed by atoms with van der Waals surface area (Å²) in [6.45, 7) is 14.2. The molecule has 1 saturated heterocycles. The lowest BCUT2D eigenvalue weighted by atomic mass is 9.97. The van der Waals surface area contributed by atoms with Crippen LogP contribution in [0.4, 0.5) is 0 Å². The van der Waals surface area contributed by atoms with Crippen LogP contribution in [0.3, 0.4) is 0 Å². The van der Waals surface area contributed by atoms with Gasteiger partial charge in [0.05, 0.1) is 0 Å². The Balaban J connectivity index is 2.39. The standard InChI is InChI=1S/C14H30N2/c1-11(2)13(5)16-9-7-14(8-10-16)15(6)12(3)4/h11-14H,7-10H2,1-6H3. The summed E-state index contributed by atoms with van der Waals surface area (Å²) >= 11 is 0. The molecule has 2 heteroatoms. The van der Waals surface area contributed by atoms with Crippen molar-refractivity contribution in [1.29, 1.82) is 0 Å². The highest BCUT2D eigenvalue weighted by atomic mass is 15.2. The lowest BCUT2D eigenvalue weighted by Gasteiger charge is -2.41. The van der Waals surface area contributed by atoms with Gasteiger partial charge in [0, 0.05) is 18.1 Å². The molecule has 2 nitrogen and oxygen atoms in total. The molecule has 1 heterocycles. The first-order chi connectivity index (χ1) is 7.43. The zero-order chi connectivity index (χ0) is 12.3. The molecular formula is C14H30N2. The van der Waals surface area contributed by atoms with Crippen molar-refractivity contribution in [2.75, 3.05) is 20.1 Å². The SMILES string of the molecule is CC(C)C(C)N1CCC(N(C)C(C)C)CC1. The van der Waals surface area contributed by atoms with E-state index in [1.807, 2.05) is 0 Å². The molecule has 0 N–H and O–H groups in total. The van der Waals surface area contributed by atoms with Gasteiger partial charge in [0.1, 0.15) is 0 Å². The van der Waals surface area contributed by atoms with E-state index in [0.29, 0.717) is 6.04 Å². The summed E-state index contributed by atoms with van der Waals surface area (Å²) in [7, 11) is 2.27. The summed E-state index contributed by atoms with van der Waals surface area (Å²) in [6, 6.07) is 2.22. The predicted molar refractivity (Wildman–Crippen MR) is 71.8 cm³/mol. The molecule has 1 fully saturated rings. The van der Waals surface area contributed by atoms with Gasteiger partial charge in [-0.25, -0.2) is 0 Å². The van der Waals surface area contributed by atoms with Gasteiger partial charge in [-0.3, -0.25) is 0 Å². The van der Waals surface area contributed by atoms with Crippen molar-refractivity contribution in [1.82, 2.24) is 9.80 Å². The molecule has 0 saturated carbocycles. The van der Waals surface area contributed by atoms with Crippen LogP contribution in [0.1, 0.15) is 47.5 Å². The first kappa shape index (κ1) is 14.0. The molecule has 1 atom stereocenters. The highest BCUT2D eigenvalue weighted by molar-refractivity contribution is 4.82. The summed E-state index contributed by atoms with van der Waals surface area (Å²) in [5, 5.41) is 0. The van der Waals surface area contributed by atoms with E-state index < -0.39 is 0 Å². The number of hydrogen-bond acceptors (Lipinski definition) is 2. The van der Waals surface area contributed by atoms with Gasteiger partial charge in [-0.1, -0.05) is 13.8 Å². The third-order valence-electron chi connectivity index (χ3n) is 4.43. The third kappa shape index (κ3) is 3.46. The Morgan fingerprint density at radius 2 is 1.50 bits per heavy atom. The Hall–Kier alpha value is -0.0800. The van der Waals surface area contributed by atoms with E-state index in [4.69, 9.17) is 0 Å². The molecule has 96 valence electrons. The van der Waals surface area contributed by atoms with Crippen molar-refractivity contribution in [3.05, 3.63) is 0 Å². The third-order valence-corrected chi connectivity index (χ3v) is 4.43. The average Bonchev–Trinajstić information content (AvgIpc) is 2.27. The van der Waals surface area contributed by atoms with Crippen LogP contribution in [0.25, 0.3) is 0 Å². The normalized spacial score (nSPS) is 22.3. The molecule has 0 aromatic carbocycles. The highest BCUT2D eigenvalue weighted by Gasteiger charge is 2.26. The smallest absolute Gasteiger partial charge is 0.0119 e. The number of piperidine rings is 1. The molecule has 1 aliphatic heterocycles. The first-order valence-electron chi connectivity index (χ1n) is 6.89. The Bertz CT molecular complexity index is 171. The molecule has 0 aromatic rings. The van der Waals surface area contributed by atoms with Crippen LogP contribution in [0.5, 0.6) is 0 Å². The van der Waals surface area contributed by atoms with E-state index in [1.165, 1.54) is 25.9 Å². The topological polar surface area (TPSA) is 6.48 Å². The minimum absolute atomic E-state index is 0.680. The predicted octanol–water partition coefficient (Wildman–Crippen LogP) is 2.84. The number of rotatable bonds is 4. The average molecular weight is 226 g/mol. The fraction of sp³-hybridized carbons (Fsp3) is 1.00. The van der Waals surface area contributed by atoms with Gasteiger partial charge in [0.2, 0.25) is 0 Å². The van der Waals surface area contributed by atoms with E-state index in [1.54, 1.807) is 0 Å². The maximum Gasteiger partial charge on any atom is 0.0119 e. The van der Waals surface area contributed by atoms with Crippen LogP contribution in [0.2, 0.25) is 0 Å². The summed E-state index contributed by atoms with van der Waals surface area (Å²) < 4.78 is 0. The van der Waals surface area contributed by atoms with Crippen LogP contribution < -0.4 is 0 Å². The summed E-state index contributed by atoms with van der Waals surface area (Å²) in [5.74, 6) is 0.777. The van der Waals surface area contributed by atoms with Gasteiger partial charge in [0.25, 0.3) is 0 Å². The van der Waals surface area contributed by atoms with Crippen molar-refractivity contribution < 1.29 is 0 Å². The van der Waals surface area contributed by atoms with Gasteiger partial charge in [0.15, 0.2) is 0 Å². The second-order valence-corrected chi connectivity index (χ2v) is 6.01. The monoisotopic (exact) mass is 226 g/mol. The summed E-state index contributed by atoms with van der Waals surface area (Å²) in [4.78, 5) is 5.20. The summed E-state index contributed by atoms with van der Waals surface area (Å²) in [6.07, 6.45) is 2.68. The molecular weight excluding hydrogens is 196 g/mol. The molecule has 1 unspecified atom stereocenters. The zero-order valence-electron chi connectivity index (χ0n) is 12.0. The van der Waals surface area contributed by atoms with Crippen LogP contribution in [0.15, 0.2) is 0 Å². The van der Waals surface area contributed by atoms with Crippen LogP contribution >= 0.6 is 0 Å². The van der Waals surface area contributed by atoms with Crippen LogP contribution in [-0.2, 0) is 0 Å². The molecule has 0 spiro atoms. The van der Waals surface area contributed by atoms with Crippen molar-refractivity contribution >= 4 is 0 Å². The molecule has 1 aliphatic rings. The van der Waals surface area contributed by atoms with E-state index in [0.717, 1.165) is 18.0 Å². The maximum absolute atomic E-state index is 2.66. The largest absolute Gasteiger partial charge is 0.301 e. The quantitative estimate of drug-likeness (QED) is 0.727. The molecule has 1 rings (SSSR count). The molecule has 0 amide bonds. The Labute approximate surface area is 102 Å². The Kier molecular flexibility index (Phi) is 5.26. The Morgan fingerprint density at radius 3 is 1.88 bits per heavy atom. The second-order valence-electron chi connectivity index (χ2n) is 6.01. The maximum atomic E-state index is 2.66. The molecule has 16 heavy (non-hydrogen) atoms. The van der Waals surface area contributed by atoms with Crippen LogP contribution in [-0.4, -0.2) is 48.1 Å². The van der Waals surface area contributed by atoms with Crippen molar-refractivity contribution in [2.24, 2.45) is 5.92 Å². The minimum Gasteiger partial charge on any atom is -0.301 e. The van der Waals surface area contributed by atoms with E-state index in [9.17, 15) is 0 Å². The van der Waals surface area contributed by atoms with Crippen molar-refractivity contribution in [3.8, 4) is 0 Å². The number of nitrogens with zero attached hydrogens (tertiary/aromatic N) is 2. The van der Waals surface area contributed by atoms with Crippen molar-refractivity contribution in [2.45, 2.75) is 65.6 Å². The van der Waals surface area contributed by atoms with Gasteiger partial charge in [-0.2, -0.15) is 0 Å². The minimum atomic E-state index is 0.680. The lowest BCUT2D eigenvalue weighted by molar-refractivity contribution is 0.0738. The molecule has 0 aromatic heterocycles. The van der Waals surface area contributed by atoms with Gasteiger partial charge in [-0.15, -0.1) is 0 Å². The molecule has 0 radical (unpaired) electrons. The Morgan fingerprint density at radius 1 is 1.00 bits per heavy atom. The zero-order valence-corrected chi connectivity index (χ0v) is 12.0. The van der Waals surface area contributed by atoms with Gasteiger partial charge < -0.3 is 9.80 Å². The number of hydrogen-bond donors (Lipinski definition) is 0. The van der Waals surface area contributed by atoms with E-state index in [-0.39, 0.29) is 0 Å². The molecule has 0 bridgehead atoms. The second kappa shape index (κ2) is 6.02. The molecule has 0 aliphatic carbocycles. The number of likely N-dealkylation sites (tertiary alicyclic amines) is 1. The van der Waals surface area contributed by atoms with Gasteiger partial charge >= 0.3 is 0 Å². The van der Waals surface area contributed by atoms with E-state index >= 15 is 0 Å². The van der Waals surface area contributed by atoms with Crippen LogP contribution in [0, 0.1) is 5.92 Å². The van der Waals surface area contributed by atoms with Crippen molar-refractivity contribution in [3.63, 3.8) is 0 Å². The first-order valence-corrected chi connectivity index (χ1v) is 6.89. The summed E-state index contributed by atoms with van der Waals surface area (Å²) in [5.41, 5.74) is 0. The lowest BCUT2D eigenvalue weighted by Crippen LogP contribution is -2.49. The highest BCUT2D eigenvalue weighted by Crippen LogP contribution is 2.21. The van der Waals surface area contributed by atoms with E-state index in [2.05, 4.69) is 51.5 Å². The fourth-order valence-electron chi connectivity index (χ4n) is 2.54.